The number of benzene rings is 3. The lowest BCUT2D eigenvalue weighted by Gasteiger charge is -2.15. The van der Waals surface area contributed by atoms with Gasteiger partial charge in [-0.15, -0.1) is 0 Å². The number of aromatic nitrogens is 1. The van der Waals surface area contributed by atoms with E-state index in [9.17, 15) is 4.79 Å². The number of hydrogen-bond donors (Lipinski definition) is 0. The highest BCUT2D eigenvalue weighted by atomic mass is 32.1. The van der Waals surface area contributed by atoms with Gasteiger partial charge in [-0.3, -0.25) is 4.79 Å². The van der Waals surface area contributed by atoms with E-state index in [2.05, 4.69) is 10.1 Å². The molecule has 0 radical (unpaired) electrons. The van der Waals surface area contributed by atoms with Crippen molar-refractivity contribution < 1.29 is 19.0 Å². The largest absolute Gasteiger partial charge is 0.494 e. The molecule has 0 N–H and O–H groups in total. The predicted octanol–water partition coefficient (Wildman–Crippen LogP) is 5.70. The molecule has 1 amide bonds. The number of amides is 1. The molecule has 0 bridgehead atoms. The minimum Gasteiger partial charge on any atom is -0.494 e. The van der Waals surface area contributed by atoms with Gasteiger partial charge in [-0.2, -0.15) is 10.1 Å². The number of hydrazone groups is 1. The summed E-state index contributed by atoms with van der Waals surface area (Å²) in [5.74, 6) is 1.45. The van der Waals surface area contributed by atoms with Crippen molar-refractivity contribution >= 4 is 38.8 Å². The molecule has 0 aliphatic rings. The first kappa shape index (κ1) is 23.3. The maximum absolute atomic E-state index is 13.6. The van der Waals surface area contributed by atoms with Crippen molar-refractivity contribution in [2.75, 3.05) is 25.8 Å². The fraction of sp³-hybridized carbons (Fsp3) is 0.192. The molecule has 0 saturated carbocycles. The monoisotopic (exact) mass is 475 g/mol. The van der Waals surface area contributed by atoms with E-state index >= 15 is 0 Å². The summed E-state index contributed by atoms with van der Waals surface area (Å²) >= 11 is 1.41. The standard InChI is InChI=1S/C26H25N3O4S/c1-5-33-20-10-7-18(8-11-20)16-27-29(26-28-21-12-6-17(2)14-24(21)34-26)25(30)19-9-13-22(31-3)23(15-19)32-4/h6-16H,5H2,1-4H3/b27-16+. The third kappa shape index (κ3) is 5.02. The molecule has 1 aromatic heterocycles. The first-order valence-electron chi connectivity index (χ1n) is 10.7. The molecule has 0 aliphatic heterocycles. The number of ether oxygens (including phenoxy) is 3. The molecule has 4 rings (SSSR count). The van der Waals surface area contributed by atoms with Crippen molar-refractivity contribution in [3.05, 3.63) is 77.4 Å². The zero-order valence-corrected chi connectivity index (χ0v) is 20.3. The zero-order chi connectivity index (χ0) is 24.1. The fourth-order valence-corrected chi connectivity index (χ4v) is 4.35. The second-order valence-electron chi connectivity index (χ2n) is 7.40. The Kier molecular flexibility index (Phi) is 7.08. The van der Waals surface area contributed by atoms with Gasteiger partial charge in [-0.05, 0) is 79.6 Å². The van der Waals surface area contributed by atoms with E-state index in [0.29, 0.717) is 28.8 Å². The molecule has 0 unspecified atom stereocenters. The van der Waals surface area contributed by atoms with Crippen LogP contribution >= 0.6 is 11.3 Å². The smallest absolute Gasteiger partial charge is 0.280 e. The van der Waals surface area contributed by atoms with Crippen molar-refractivity contribution in [1.29, 1.82) is 0 Å². The van der Waals surface area contributed by atoms with Crippen molar-refractivity contribution in [1.82, 2.24) is 4.98 Å². The Morgan fingerprint density at radius 1 is 1.03 bits per heavy atom. The minimum absolute atomic E-state index is 0.334. The molecule has 8 heteroatoms. The van der Waals surface area contributed by atoms with Crippen molar-refractivity contribution in [3.8, 4) is 17.2 Å². The van der Waals surface area contributed by atoms with Crippen molar-refractivity contribution in [2.24, 2.45) is 5.10 Å². The second kappa shape index (κ2) is 10.4. The van der Waals surface area contributed by atoms with Crippen LogP contribution in [0.1, 0.15) is 28.4 Å². The number of fused-ring (bicyclic) bond motifs is 1. The molecule has 0 aliphatic carbocycles. The highest BCUT2D eigenvalue weighted by molar-refractivity contribution is 7.22. The highest BCUT2D eigenvalue weighted by Gasteiger charge is 2.22. The van der Waals surface area contributed by atoms with Crippen LogP contribution < -0.4 is 19.2 Å². The number of methoxy groups -OCH3 is 2. The Labute approximate surface area is 202 Å². The van der Waals surface area contributed by atoms with E-state index in [1.54, 1.807) is 31.5 Å². The molecule has 0 atom stereocenters. The molecule has 0 spiro atoms. The number of carbonyl (C=O) groups is 1. The van der Waals surface area contributed by atoms with E-state index in [1.807, 2.05) is 56.3 Å². The van der Waals surface area contributed by atoms with Crippen LogP contribution in [0.5, 0.6) is 17.2 Å². The summed E-state index contributed by atoms with van der Waals surface area (Å²) in [7, 11) is 3.08. The molecule has 7 nitrogen and oxygen atoms in total. The Bertz CT molecular complexity index is 1330. The van der Waals surface area contributed by atoms with Crippen LogP contribution in [0.25, 0.3) is 10.2 Å². The van der Waals surface area contributed by atoms with Crippen LogP contribution in [-0.4, -0.2) is 37.9 Å². The topological polar surface area (TPSA) is 73.2 Å². The summed E-state index contributed by atoms with van der Waals surface area (Å²) in [5, 5.41) is 6.32. The number of nitrogens with zero attached hydrogens (tertiary/aromatic N) is 3. The van der Waals surface area contributed by atoms with Gasteiger partial charge < -0.3 is 14.2 Å². The summed E-state index contributed by atoms with van der Waals surface area (Å²) in [4.78, 5) is 18.2. The second-order valence-corrected chi connectivity index (χ2v) is 8.41. The van der Waals surface area contributed by atoms with Gasteiger partial charge in [0.05, 0.1) is 37.3 Å². The van der Waals surface area contributed by atoms with Crippen LogP contribution in [0, 0.1) is 6.92 Å². The molecule has 3 aromatic carbocycles. The van der Waals surface area contributed by atoms with Gasteiger partial charge in [0, 0.05) is 5.56 Å². The fourth-order valence-electron chi connectivity index (χ4n) is 3.33. The lowest BCUT2D eigenvalue weighted by atomic mass is 10.2. The molecule has 174 valence electrons. The quantitative estimate of drug-likeness (QED) is 0.241. The minimum atomic E-state index is -0.334. The summed E-state index contributed by atoms with van der Waals surface area (Å²) in [6.45, 7) is 4.56. The lowest BCUT2D eigenvalue weighted by molar-refractivity contribution is 0.0987. The predicted molar refractivity (Wildman–Crippen MR) is 136 cm³/mol. The van der Waals surface area contributed by atoms with Gasteiger partial charge in [0.25, 0.3) is 5.91 Å². The number of rotatable bonds is 8. The third-order valence-corrected chi connectivity index (χ3v) is 6.04. The van der Waals surface area contributed by atoms with E-state index in [4.69, 9.17) is 14.2 Å². The number of thiazole rings is 1. The van der Waals surface area contributed by atoms with E-state index in [0.717, 1.165) is 27.1 Å². The number of anilines is 1. The van der Waals surface area contributed by atoms with Gasteiger partial charge in [-0.25, -0.2) is 4.98 Å². The molecule has 0 saturated heterocycles. The molecule has 34 heavy (non-hydrogen) atoms. The van der Waals surface area contributed by atoms with Crippen LogP contribution in [0.15, 0.2) is 65.8 Å². The van der Waals surface area contributed by atoms with Crippen molar-refractivity contribution in [2.45, 2.75) is 13.8 Å². The number of carbonyl (C=O) groups excluding carboxylic acids is 1. The summed E-state index contributed by atoms with van der Waals surface area (Å²) in [6.07, 6.45) is 1.63. The van der Waals surface area contributed by atoms with E-state index in [1.165, 1.54) is 23.5 Å². The molecule has 0 fully saturated rings. The first-order valence-corrected chi connectivity index (χ1v) is 11.5. The van der Waals surface area contributed by atoms with Crippen LogP contribution in [0.3, 0.4) is 0 Å². The van der Waals surface area contributed by atoms with Crippen LogP contribution in [0.2, 0.25) is 0 Å². The summed E-state index contributed by atoms with van der Waals surface area (Å²) < 4.78 is 17.2. The van der Waals surface area contributed by atoms with Crippen LogP contribution in [0.4, 0.5) is 5.13 Å². The Balaban J connectivity index is 1.73. The van der Waals surface area contributed by atoms with Gasteiger partial charge >= 0.3 is 0 Å². The Hall–Kier alpha value is -3.91. The Morgan fingerprint density at radius 3 is 2.50 bits per heavy atom. The van der Waals surface area contributed by atoms with Crippen molar-refractivity contribution in [3.63, 3.8) is 0 Å². The normalized spacial score (nSPS) is 11.1. The Morgan fingerprint density at radius 2 is 1.79 bits per heavy atom. The SMILES string of the molecule is CCOc1ccc(/C=N/N(C(=O)c2ccc(OC)c(OC)c2)c2nc3ccc(C)cc3s2)cc1. The first-order chi connectivity index (χ1) is 16.5. The molecule has 1 heterocycles. The van der Waals surface area contributed by atoms with Gasteiger partial charge in [-0.1, -0.05) is 17.4 Å². The zero-order valence-electron chi connectivity index (χ0n) is 19.4. The average Bonchev–Trinajstić information content (AvgIpc) is 3.27. The lowest BCUT2D eigenvalue weighted by Crippen LogP contribution is -2.25. The summed E-state index contributed by atoms with van der Waals surface area (Å²) in [5.41, 5.74) is 3.16. The van der Waals surface area contributed by atoms with Gasteiger partial charge in [0.1, 0.15) is 5.75 Å². The highest BCUT2D eigenvalue weighted by Crippen LogP contribution is 2.32. The van der Waals surface area contributed by atoms with Gasteiger partial charge in [0.2, 0.25) is 5.13 Å². The average molecular weight is 476 g/mol. The van der Waals surface area contributed by atoms with Gasteiger partial charge in [0.15, 0.2) is 11.5 Å². The molecule has 4 aromatic rings. The number of hydrogen-bond acceptors (Lipinski definition) is 7. The maximum atomic E-state index is 13.6. The third-order valence-electron chi connectivity index (χ3n) is 5.05. The van der Waals surface area contributed by atoms with Crippen LogP contribution in [-0.2, 0) is 0 Å². The summed E-state index contributed by atoms with van der Waals surface area (Å²) in [6, 6.07) is 18.5. The number of aryl methyl sites for hydroxylation is 1. The molecular formula is C26H25N3O4S. The molecular weight excluding hydrogens is 450 g/mol. The van der Waals surface area contributed by atoms with E-state index < -0.39 is 0 Å². The maximum Gasteiger partial charge on any atom is 0.280 e. The van der Waals surface area contributed by atoms with E-state index in [-0.39, 0.29) is 5.91 Å².